The highest BCUT2D eigenvalue weighted by atomic mass is 16.3. The Hall–Kier alpha value is -1.76. The Labute approximate surface area is 83.3 Å². The summed E-state index contributed by atoms with van der Waals surface area (Å²) in [5, 5.41) is 11.9. The van der Waals surface area contributed by atoms with Gasteiger partial charge in [-0.1, -0.05) is 42.5 Å². The standard InChI is InChI=1S/C13H12O/c1-2-5-12-11-7-4-3-6-10(11)8-9-13(12)14/h2-9,14H,1H3. The molecule has 0 aromatic heterocycles. The molecule has 0 unspecified atom stereocenters. The molecular formula is C13H12O. The van der Waals surface area contributed by atoms with E-state index < -0.39 is 0 Å². The molecular weight excluding hydrogens is 172 g/mol. The van der Waals surface area contributed by atoms with Crippen LogP contribution in [0.25, 0.3) is 16.8 Å². The zero-order chi connectivity index (χ0) is 9.97. The highest BCUT2D eigenvalue weighted by molar-refractivity contribution is 5.92. The molecule has 2 aromatic rings. The van der Waals surface area contributed by atoms with Crippen LogP contribution in [-0.2, 0) is 0 Å². The molecule has 1 nitrogen and oxygen atoms in total. The van der Waals surface area contributed by atoms with Gasteiger partial charge in [-0.2, -0.15) is 0 Å². The van der Waals surface area contributed by atoms with Crippen LogP contribution in [0.2, 0.25) is 0 Å². The zero-order valence-electron chi connectivity index (χ0n) is 8.07. The lowest BCUT2D eigenvalue weighted by atomic mass is 10.0. The largest absolute Gasteiger partial charge is 0.507 e. The minimum absolute atomic E-state index is 0.335. The Morgan fingerprint density at radius 2 is 1.86 bits per heavy atom. The van der Waals surface area contributed by atoms with E-state index in [-0.39, 0.29) is 0 Å². The highest BCUT2D eigenvalue weighted by Crippen LogP contribution is 2.27. The second-order valence-corrected chi connectivity index (χ2v) is 3.22. The number of fused-ring (bicyclic) bond motifs is 1. The van der Waals surface area contributed by atoms with Crippen molar-refractivity contribution in [3.63, 3.8) is 0 Å². The third-order valence-electron chi connectivity index (χ3n) is 2.28. The summed E-state index contributed by atoms with van der Waals surface area (Å²) in [7, 11) is 0. The summed E-state index contributed by atoms with van der Waals surface area (Å²) in [5.74, 6) is 0.335. The lowest BCUT2D eigenvalue weighted by Crippen LogP contribution is -1.79. The van der Waals surface area contributed by atoms with Crippen molar-refractivity contribution in [1.82, 2.24) is 0 Å². The first-order valence-electron chi connectivity index (χ1n) is 4.66. The van der Waals surface area contributed by atoms with Crippen LogP contribution in [0.1, 0.15) is 12.5 Å². The number of hydrogen-bond acceptors (Lipinski definition) is 1. The Morgan fingerprint density at radius 1 is 1.07 bits per heavy atom. The normalized spacial score (nSPS) is 11.2. The Balaban J connectivity index is 2.82. The Morgan fingerprint density at radius 3 is 2.64 bits per heavy atom. The van der Waals surface area contributed by atoms with Crippen LogP contribution in [0.4, 0.5) is 0 Å². The minimum Gasteiger partial charge on any atom is -0.507 e. The molecule has 0 saturated carbocycles. The third-order valence-corrected chi connectivity index (χ3v) is 2.28. The minimum atomic E-state index is 0.335. The fraction of sp³-hybridized carbons (Fsp3) is 0.0769. The number of benzene rings is 2. The predicted octanol–water partition coefficient (Wildman–Crippen LogP) is 3.58. The van der Waals surface area contributed by atoms with Crippen LogP contribution in [0.15, 0.2) is 42.5 Å². The van der Waals surface area contributed by atoms with Crippen LogP contribution in [-0.4, -0.2) is 5.11 Å². The summed E-state index contributed by atoms with van der Waals surface area (Å²) >= 11 is 0. The molecule has 0 aliphatic heterocycles. The summed E-state index contributed by atoms with van der Waals surface area (Å²) in [6.07, 6.45) is 3.86. The van der Waals surface area contributed by atoms with Crippen molar-refractivity contribution < 1.29 is 5.11 Å². The molecule has 0 atom stereocenters. The van der Waals surface area contributed by atoms with Crippen LogP contribution < -0.4 is 0 Å². The summed E-state index contributed by atoms with van der Waals surface area (Å²) < 4.78 is 0. The molecule has 1 heteroatoms. The molecule has 2 rings (SSSR count). The Kier molecular flexibility index (Phi) is 2.23. The third kappa shape index (κ3) is 1.37. The van der Waals surface area contributed by atoms with E-state index in [9.17, 15) is 5.11 Å². The molecule has 0 aliphatic rings. The summed E-state index contributed by atoms with van der Waals surface area (Å²) in [5.41, 5.74) is 0.894. The molecule has 70 valence electrons. The quantitative estimate of drug-likeness (QED) is 0.718. The maximum absolute atomic E-state index is 9.69. The van der Waals surface area contributed by atoms with Gasteiger partial charge in [-0.15, -0.1) is 0 Å². The maximum atomic E-state index is 9.69. The van der Waals surface area contributed by atoms with E-state index in [2.05, 4.69) is 0 Å². The van der Waals surface area contributed by atoms with Gasteiger partial charge in [-0.3, -0.25) is 0 Å². The van der Waals surface area contributed by atoms with E-state index in [0.717, 1.165) is 16.3 Å². The fourth-order valence-corrected chi connectivity index (χ4v) is 1.63. The van der Waals surface area contributed by atoms with Gasteiger partial charge in [0.25, 0.3) is 0 Å². The number of aromatic hydroxyl groups is 1. The first kappa shape index (κ1) is 8.82. The van der Waals surface area contributed by atoms with Gasteiger partial charge < -0.3 is 5.11 Å². The molecule has 0 bridgehead atoms. The first-order valence-corrected chi connectivity index (χ1v) is 4.66. The number of allylic oxidation sites excluding steroid dienone is 1. The second kappa shape index (κ2) is 3.54. The Bertz CT molecular complexity index is 484. The van der Waals surface area contributed by atoms with E-state index in [4.69, 9.17) is 0 Å². The summed E-state index contributed by atoms with van der Waals surface area (Å²) in [6.45, 7) is 1.95. The molecule has 14 heavy (non-hydrogen) atoms. The van der Waals surface area contributed by atoms with Gasteiger partial charge in [0.1, 0.15) is 5.75 Å². The molecule has 0 radical (unpaired) electrons. The lowest BCUT2D eigenvalue weighted by molar-refractivity contribution is 0.475. The van der Waals surface area contributed by atoms with E-state index >= 15 is 0 Å². The monoisotopic (exact) mass is 184 g/mol. The molecule has 0 aliphatic carbocycles. The van der Waals surface area contributed by atoms with Crippen molar-refractivity contribution in [2.45, 2.75) is 6.92 Å². The smallest absolute Gasteiger partial charge is 0.123 e. The number of hydrogen-bond donors (Lipinski definition) is 1. The zero-order valence-corrected chi connectivity index (χ0v) is 8.07. The maximum Gasteiger partial charge on any atom is 0.123 e. The summed E-state index contributed by atoms with van der Waals surface area (Å²) in [4.78, 5) is 0. The van der Waals surface area contributed by atoms with Crippen molar-refractivity contribution >= 4 is 16.8 Å². The molecule has 0 fully saturated rings. The molecule has 0 saturated heterocycles. The molecule has 1 N–H and O–H groups in total. The van der Waals surface area contributed by atoms with Crippen molar-refractivity contribution in [3.8, 4) is 5.75 Å². The van der Waals surface area contributed by atoms with E-state index in [1.54, 1.807) is 6.07 Å². The van der Waals surface area contributed by atoms with Crippen LogP contribution >= 0.6 is 0 Å². The van der Waals surface area contributed by atoms with Crippen molar-refractivity contribution in [2.75, 3.05) is 0 Å². The molecule has 0 heterocycles. The van der Waals surface area contributed by atoms with Crippen molar-refractivity contribution in [3.05, 3.63) is 48.0 Å². The molecule has 2 aromatic carbocycles. The number of phenols is 1. The van der Waals surface area contributed by atoms with Gasteiger partial charge in [0.15, 0.2) is 0 Å². The highest BCUT2D eigenvalue weighted by Gasteiger charge is 2.01. The van der Waals surface area contributed by atoms with Gasteiger partial charge in [-0.05, 0) is 23.8 Å². The van der Waals surface area contributed by atoms with Gasteiger partial charge in [0, 0.05) is 5.56 Å². The van der Waals surface area contributed by atoms with Gasteiger partial charge in [0.05, 0.1) is 0 Å². The van der Waals surface area contributed by atoms with Crippen LogP contribution in [0.3, 0.4) is 0 Å². The van der Waals surface area contributed by atoms with Gasteiger partial charge in [0.2, 0.25) is 0 Å². The summed E-state index contributed by atoms with van der Waals surface area (Å²) in [6, 6.07) is 11.7. The SMILES string of the molecule is CC=Cc1c(O)ccc2ccccc12. The molecule has 0 amide bonds. The lowest BCUT2D eigenvalue weighted by Gasteiger charge is -2.04. The fourth-order valence-electron chi connectivity index (χ4n) is 1.63. The van der Waals surface area contributed by atoms with E-state index in [1.807, 2.05) is 49.4 Å². The number of phenolic OH excluding ortho intramolecular Hbond substituents is 1. The van der Waals surface area contributed by atoms with Gasteiger partial charge >= 0.3 is 0 Å². The van der Waals surface area contributed by atoms with E-state index in [0.29, 0.717) is 5.75 Å². The second-order valence-electron chi connectivity index (χ2n) is 3.22. The van der Waals surface area contributed by atoms with Gasteiger partial charge in [-0.25, -0.2) is 0 Å². The average Bonchev–Trinajstić information content (AvgIpc) is 2.23. The topological polar surface area (TPSA) is 20.2 Å². The number of rotatable bonds is 1. The molecule has 0 spiro atoms. The predicted molar refractivity (Wildman–Crippen MR) is 60.3 cm³/mol. The van der Waals surface area contributed by atoms with E-state index in [1.165, 1.54) is 0 Å². The first-order chi connectivity index (χ1) is 6.83. The average molecular weight is 184 g/mol. The van der Waals surface area contributed by atoms with Crippen molar-refractivity contribution in [2.24, 2.45) is 0 Å². The van der Waals surface area contributed by atoms with Crippen molar-refractivity contribution in [1.29, 1.82) is 0 Å². The van der Waals surface area contributed by atoms with Crippen LogP contribution in [0.5, 0.6) is 5.75 Å². The van der Waals surface area contributed by atoms with Crippen LogP contribution in [0, 0.1) is 0 Å².